The maximum atomic E-state index is 16.4. The third-order valence-electron chi connectivity index (χ3n) is 10.2. The summed E-state index contributed by atoms with van der Waals surface area (Å²) in [5.74, 6) is -2.04. The van der Waals surface area contributed by atoms with E-state index in [1.807, 2.05) is 30.3 Å². The van der Waals surface area contributed by atoms with Gasteiger partial charge in [0.15, 0.2) is 5.60 Å². The van der Waals surface area contributed by atoms with E-state index >= 15 is 4.11 Å². The van der Waals surface area contributed by atoms with E-state index in [0.717, 1.165) is 5.56 Å². The molecule has 4 aromatic carbocycles. The number of hydrogen-bond acceptors (Lipinski definition) is 8. The molecule has 0 aromatic heterocycles. The number of amides is 3. The fourth-order valence-electron chi connectivity index (χ4n) is 7.79. The molecule has 6 rings (SSSR count). The molecule has 0 aliphatic carbocycles. The Hall–Kier alpha value is -5.44. The lowest BCUT2D eigenvalue weighted by Crippen LogP contribution is -2.45. The summed E-state index contributed by atoms with van der Waals surface area (Å²) in [5.41, 5.74) is 6.37. The van der Waals surface area contributed by atoms with Crippen molar-refractivity contribution in [2.45, 2.75) is 56.8 Å². The number of nitrogens with zero attached hydrogens (tertiary/aromatic N) is 3. The number of halogens is 1. The molecule has 2 aliphatic heterocycles. The maximum absolute atomic E-state index is 16.4. The molecule has 4 atom stereocenters. The smallest absolute Gasteiger partial charge is 0.269 e. The van der Waals surface area contributed by atoms with Crippen LogP contribution in [0.5, 0.6) is 0 Å². The summed E-state index contributed by atoms with van der Waals surface area (Å²) in [4.78, 5) is 56.1. The second kappa shape index (κ2) is 14.9. The largest absolute Gasteiger partial charge is 0.399 e. The monoisotopic (exact) mass is 739 g/mol. The molecular weight excluding hydrogens is 698 g/mol. The van der Waals surface area contributed by atoms with Gasteiger partial charge in [0, 0.05) is 59.2 Å². The summed E-state index contributed by atoms with van der Waals surface area (Å²) >= 11 is 0. The van der Waals surface area contributed by atoms with Crippen LogP contribution in [0.3, 0.4) is 0 Å². The number of non-ortho nitro benzene ring substituents is 1. The van der Waals surface area contributed by atoms with Gasteiger partial charge >= 0.3 is 0 Å². The van der Waals surface area contributed by atoms with Crippen LogP contribution in [0.25, 0.3) is 0 Å². The summed E-state index contributed by atoms with van der Waals surface area (Å²) in [6.07, 6.45) is -1.28. The first-order valence-corrected chi connectivity index (χ1v) is 20.3. The Morgan fingerprint density at radius 2 is 1.74 bits per heavy atom. The first-order chi connectivity index (χ1) is 25.2. The number of benzene rings is 4. The van der Waals surface area contributed by atoms with Crippen LogP contribution in [0.4, 0.5) is 26.9 Å². The van der Waals surface area contributed by atoms with E-state index in [-0.39, 0.29) is 55.7 Å². The Kier molecular flexibility index (Phi) is 10.5. The SMILES string of the molecule is C[C@@H]1[C@@H]([Si](C)(C)F)[C@H](CC(=O)N(CCO)Cc2ccccc2)O[C@@]12C(=O)N(Cc1cccc(NC(=O)c3ccc(N)cc3)c1)c1ccc([N+](=O)[O-])cc12. The number of rotatable bonds is 12. The predicted molar refractivity (Wildman–Crippen MR) is 201 cm³/mol. The van der Waals surface area contributed by atoms with Gasteiger partial charge in [-0.2, -0.15) is 0 Å². The molecule has 0 radical (unpaired) electrons. The summed E-state index contributed by atoms with van der Waals surface area (Å²) in [6, 6.07) is 26.8. The van der Waals surface area contributed by atoms with Crippen molar-refractivity contribution in [1.29, 1.82) is 0 Å². The average molecular weight is 740 g/mol. The van der Waals surface area contributed by atoms with Crippen LogP contribution in [-0.4, -0.2) is 60.3 Å². The number of aliphatic hydroxyl groups is 1. The maximum Gasteiger partial charge on any atom is 0.269 e. The lowest BCUT2D eigenvalue weighted by Gasteiger charge is -2.31. The van der Waals surface area contributed by atoms with Crippen molar-refractivity contribution in [2.75, 3.05) is 29.1 Å². The van der Waals surface area contributed by atoms with E-state index < -0.39 is 42.4 Å². The number of nitrogens with two attached hydrogens (primary N) is 1. The van der Waals surface area contributed by atoms with Crippen molar-refractivity contribution in [3.8, 4) is 0 Å². The van der Waals surface area contributed by atoms with Gasteiger partial charge in [0.05, 0.1) is 36.3 Å². The van der Waals surface area contributed by atoms with Crippen molar-refractivity contribution in [2.24, 2.45) is 5.92 Å². The molecule has 4 aromatic rings. The Morgan fingerprint density at radius 3 is 2.40 bits per heavy atom. The molecule has 53 heavy (non-hydrogen) atoms. The highest BCUT2D eigenvalue weighted by Gasteiger charge is 2.67. The highest BCUT2D eigenvalue weighted by atomic mass is 28.4. The molecule has 1 fully saturated rings. The summed E-state index contributed by atoms with van der Waals surface area (Å²) in [5, 5.41) is 24.7. The molecule has 2 heterocycles. The van der Waals surface area contributed by atoms with Crippen LogP contribution in [0.1, 0.15) is 40.4 Å². The van der Waals surface area contributed by atoms with Gasteiger partial charge in [-0.05, 0) is 66.7 Å². The van der Waals surface area contributed by atoms with Crippen LogP contribution < -0.4 is 16.0 Å². The molecule has 3 amide bonds. The van der Waals surface area contributed by atoms with Crippen molar-refractivity contribution in [1.82, 2.24) is 4.90 Å². The van der Waals surface area contributed by atoms with E-state index in [0.29, 0.717) is 28.2 Å². The molecule has 1 saturated heterocycles. The summed E-state index contributed by atoms with van der Waals surface area (Å²) < 4.78 is 23.1. The first kappa shape index (κ1) is 37.3. The fraction of sp³-hybridized carbons (Fsp3) is 0.308. The van der Waals surface area contributed by atoms with Gasteiger partial charge in [-0.25, -0.2) is 0 Å². The van der Waals surface area contributed by atoms with Gasteiger partial charge in [0.2, 0.25) is 14.3 Å². The number of fused-ring (bicyclic) bond motifs is 2. The normalized spacial score (nSPS) is 20.7. The van der Waals surface area contributed by atoms with Gasteiger partial charge in [0.1, 0.15) is 0 Å². The minimum absolute atomic E-state index is 0.0130. The van der Waals surface area contributed by atoms with Crippen molar-refractivity contribution >= 4 is 48.9 Å². The predicted octanol–water partition coefficient (Wildman–Crippen LogP) is 6.16. The zero-order valence-corrected chi connectivity index (χ0v) is 30.7. The Labute approximate surface area is 307 Å². The molecule has 0 unspecified atom stereocenters. The lowest BCUT2D eigenvalue weighted by molar-refractivity contribution is -0.385. The molecular formula is C39H42FN5O7Si. The topological polar surface area (TPSA) is 168 Å². The zero-order valence-electron chi connectivity index (χ0n) is 29.7. The number of aliphatic hydroxyl groups excluding tert-OH is 1. The fourth-order valence-corrected chi connectivity index (χ4v) is 10.3. The highest BCUT2D eigenvalue weighted by Crippen LogP contribution is 2.60. The lowest BCUT2D eigenvalue weighted by atomic mass is 9.82. The van der Waals surface area contributed by atoms with E-state index in [1.54, 1.807) is 55.5 Å². The summed E-state index contributed by atoms with van der Waals surface area (Å²) in [7, 11) is -3.67. The Morgan fingerprint density at radius 1 is 1.04 bits per heavy atom. The average Bonchev–Trinajstić information content (AvgIpc) is 3.54. The Balaban J connectivity index is 1.33. The van der Waals surface area contributed by atoms with Gasteiger partial charge in [-0.3, -0.25) is 24.5 Å². The number of nitrogens with one attached hydrogen (secondary N) is 1. The van der Waals surface area contributed by atoms with E-state index in [9.17, 15) is 29.6 Å². The number of nitro groups is 1. The molecule has 14 heteroatoms. The molecule has 276 valence electrons. The number of hydrogen-bond donors (Lipinski definition) is 3. The van der Waals surface area contributed by atoms with E-state index in [4.69, 9.17) is 10.5 Å². The summed E-state index contributed by atoms with van der Waals surface area (Å²) in [6.45, 7) is 4.74. The zero-order chi connectivity index (χ0) is 38.1. The van der Waals surface area contributed by atoms with Crippen molar-refractivity contribution in [3.63, 3.8) is 0 Å². The number of anilines is 3. The van der Waals surface area contributed by atoms with E-state index in [2.05, 4.69) is 5.32 Å². The number of carbonyl (C=O) groups is 3. The standard InChI is InChI=1S/C39H42FN5O7Si/c1-25-36(53(2,3)40)34(22-35(47)43(18-19-46)23-26-8-5-4-6-9-26)52-39(25)32-21-31(45(50)51)16-17-33(32)44(38(39)49)24-27-10-7-11-30(20-27)42-37(48)28-12-14-29(41)15-13-28/h4-17,20-21,25,34,36,46H,18-19,22-24,41H2,1-3H3,(H,42,48)/t25-,34+,36-,39+/m1/s1. The second-order valence-corrected chi connectivity index (χ2v) is 17.9. The second-order valence-electron chi connectivity index (χ2n) is 14.1. The molecule has 0 bridgehead atoms. The molecule has 12 nitrogen and oxygen atoms in total. The van der Waals surface area contributed by atoms with Crippen LogP contribution in [-0.2, 0) is 33.0 Å². The quantitative estimate of drug-likeness (QED) is 0.0510. The van der Waals surface area contributed by atoms with E-state index in [1.165, 1.54) is 41.1 Å². The van der Waals surface area contributed by atoms with Gasteiger partial charge < -0.3 is 34.8 Å². The molecule has 0 saturated carbocycles. The van der Waals surface area contributed by atoms with Crippen LogP contribution in [0.2, 0.25) is 18.6 Å². The minimum atomic E-state index is -3.67. The number of ether oxygens (including phenoxy) is 1. The third-order valence-corrected chi connectivity index (χ3v) is 12.6. The van der Waals surface area contributed by atoms with Gasteiger partial charge in [0.25, 0.3) is 17.5 Å². The van der Waals surface area contributed by atoms with Gasteiger partial charge in [-0.15, -0.1) is 0 Å². The van der Waals surface area contributed by atoms with Crippen LogP contribution in [0, 0.1) is 16.0 Å². The number of carbonyl (C=O) groups excluding carboxylic acids is 3. The Bertz CT molecular complexity index is 2030. The minimum Gasteiger partial charge on any atom is -0.399 e. The first-order valence-electron chi connectivity index (χ1n) is 17.4. The third kappa shape index (κ3) is 7.43. The van der Waals surface area contributed by atoms with Crippen LogP contribution >= 0.6 is 0 Å². The number of nitro benzene ring substituents is 1. The molecule has 2 aliphatic rings. The van der Waals surface area contributed by atoms with Crippen molar-refractivity contribution < 1.29 is 33.3 Å². The molecule has 4 N–H and O–H groups in total. The number of nitrogen functional groups attached to an aromatic ring is 1. The highest BCUT2D eigenvalue weighted by molar-refractivity contribution is 6.72. The van der Waals surface area contributed by atoms with Crippen molar-refractivity contribution in [3.05, 3.63) is 129 Å². The molecule has 1 spiro atoms. The van der Waals surface area contributed by atoms with Gasteiger partial charge in [-0.1, -0.05) is 49.4 Å². The van der Waals surface area contributed by atoms with Crippen LogP contribution in [0.15, 0.2) is 97.1 Å².